The van der Waals surface area contributed by atoms with E-state index in [1.807, 2.05) is 55.5 Å². The predicted molar refractivity (Wildman–Crippen MR) is 90.7 cm³/mol. The van der Waals surface area contributed by atoms with E-state index in [4.69, 9.17) is 0 Å². The fourth-order valence-corrected chi connectivity index (χ4v) is 2.64. The molecule has 4 heteroatoms. The van der Waals surface area contributed by atoms with E-state index in [-0.39, 0.29) is 6.03 Å². The summed E-state index contributed by atoms with van der Waals surface area (Å²) in [5.41, 5.74) is 2.11. The first kappa shape index (κ1) is 15.6. The molecule has 2 aromatic rings. The minimum atomic E-state index is -0.0595. The van der Waals surface area contributed by atoms with Gasteiger partial charge in [-0.1, -0.05) is 52.3 Å². The van der Waals surface area contributed by atoms with Crippen molar-refractivity contribution >= 4 is 27.6 Å². The Hall–Kier alpha value is -1.81. The maximum Gasteiger partial charge on any atom is 0.321 e. The van der Waals surface area contributed by atoms with Gasteiger partial charge in [0.2, 0.25) is 0 Å². The molecule has 0 aromatic heterocycles. The number of carbonyl (C=O) groups excluding carboxylic acids is 1. The molecular formula is C17H19BrN2O. The summed E-state index contributed by atoms with van der Waals surface area (Å²) in [6, 6.07) is 17.7. The third-order valence-corrected chi connectivity index (χ3v) is 4.03. The summed E-state index contributed by atoms with van der Waals surface area (Å²) in [5, 5.41) is 2.97. The number of urea groups is 1. The first-order valence-corrected chi connectivity index (χ1v) is 7.85. The highest BCUT2D eigenvalue weighted by Crippen LogP contribution is 2.16. The largest absolute Gasteiger partial charge is 0.337 e. The molecule has 110 valence electrons. The Morgan fingerprint density at radius 1 is 1.10 bits per heavy atom. The summed E-state index contributed by atoms with van der Waals surface area (Å²) in [4.78, 5) is 14.0. The van der Waals surface area contributed by atoms with Gasteiger partial charge < -0.3 is 5.32 Å². The molecule has 1 N–H and O–H groups in total. The second-order valence-electron chi connectivity index (χ2n) is 4.65. The molecule has 21 heavy (non-hydrogen) atoms. The van der Waals surface area contributed by atoms with Gasteiger partial charge in [-0.2, -0.15) is 0 Å². The number of halogens is 1. The van der Waals surface area contributed by atoms with Crippen LogP contribution < -0.4 is 10.2 Å². The molecule has 0 saturated heterocycles. The van der Waals surface area contributed by atoms with E-state index < -0.39 is 0 Å². The molecule has 2 amide bonds. The van der Waals surface area contributed by atoms with Crippen molar-refractivity contribution in [3.05, 3.63) is 64.6 Å². The average molecular weight is 347 g/mol. The lowest BCUT2D eigenvalue weighted by molar-refractivity contribution is 0.246. The van der Waals surface area contributed by atoms with E-state index in [1.165, 1.54) is 5.56 Å². The molecule has 2 aromatic carbocycles. The van der Waals surface area contributed by atoms with Crippen LogP contribution in [-0.4, -0.2) is 19.1 Å². The van der Waals surface area contributed by atoms with E-state index in [1.54, 1.807) is 4.90 Å². The second-order valence-corrected chi connectivity index (χ2v) is 5.51. The average Bonchev–Trinajstić information content (AvgIpc) is 2.51. The Kier molecular flexibility index (Phi) is 5.81. The zero-order chi connectivity index (χ0) is 15.1. The molecule has 0 bridgehead atoms. The third-order valence-electron chi connectivity index (χ3n) is 3.26. The third kappa shape index (κ3) is 4.33. The molecule has 0 saturated carbocycles. The van der Waals surface area contributed by atoms with Crippen molar-refractivity contribution in [2.75, 3.05) is 18.0 Å². The van der Waals surface area contributed by atoms with Crippen molar-refractivity contribution < 1.29 is 4.79 Å². The van der Waals surface area contributed by atoms with Gasteiger partial charge in [-0.3, -0.25) is 4.90 Å². The van der Waals surface area contributed by atoms with Gasteiger partial charge in [-0.25, -0.2) is 4.79 Å². The predicted octanol–water partition coefficient (Wildman–Crippen LogP) is 4.23. The molecular weight excluding hydrogens is 328 g/mol. The molecule has 0 radical (unpaired) electrons. The highest BCUT2D eigenvalue weighted by Gasteiger charge is 2.12. The fraction of sp³-hybridized carbons (Fsp3) is 0.235. The van der Waals surface area contributed by atoms with Gasteiger partial charge in [0.1, 0.15) is 0 Å². The minimum Gasteiger partial charge on any atom is -0.337 e. The molecule has 0 spiro atoms. The summed E-state index contributed by atoms with van der Waals surface area (Å²) in [6.45, 7) is 3.23. The maximum absolute atomic E-state index is 12.3. The van der Waals surface area contributed by atoms with Gasteiger partial charge in [0.15, 0.2) is 0 Å². The lowest BCUT2D eigenvalue weighted by atomic mass is 10.1. The quantitative estimate of drug-likeness (QED) is 0.863. The minimum absolute atomic E-state index is 0.0595. The number of benzene rings is 2. The first-order valence-electron chi connectivity index (χ1n) is 7.06. The number of rotatable bonds is 5. The van der Waals surface area contributed by atoms with Crippen molar-refractivity contribution in [3.8, 4) is 0 Å². The van der Waals surface area contributed by atoms with Gasteiger partial charge in [0.05, 0.1) is 0 Å². The Labute approximate surface area is 134 Å². The Morgan fingerprint density at radius 2 is 1.76 bits per heavy atom. The lowest BCUT2D eigenvalue weighted by Crippen LogP contribution is -2.40. The van der Waals surface area contributed by atoms with E-state index in [0.29, 0.717) is 13.1 Å². The van der Waals surface area contributed by atoms with Crippen molar-refractivity contribution in [1.82, 2.24) is 5.32 Å². The lowest BCUT2D eigenvalue weighted by Gasteiger charge is -2.21. The molecule has 0 unspecified atom stereocenters. The van der Waals surface area contributed by atoms with Crippen LogP contribution in [0, 0.1) is 0 Å². The van der Waals surface area contributed by atoms with Crippen molar-refractivity contribution in [1.29, 1.82) is 0 Å². The van der Waals surface area contributed by atoms with Crippen LogP contribution in [0.5, 0.6) is 0 Å². The topological polar surface area (TPSA) is 32.3 Å². The Morgan fingerprint density at radius 3 is 2.43 bits per heavy atom. The van der Waals surface area contributed by atoms with E-state index >= 15 is 0 Å². The van der Waals surface area contributed by atoms with Crippen LogP contribution in [0.4, 0.5) is 10.5 Å². The first-order chi connectivity index (χ1) is 10.2. The standard InChI is InChI=1S/C17H19BrN2O/c1-2-20(15-9-4-3-5-10-15)17(21)19-13-12-14-8-6-7-11-16(14)18/h3-11H,2,12-13H2,1H3,(H,19,21). The van der Waals surface area contributed by atoms with Gasteiger partial charge in [-0.05, 0) is 37.1 Å². The Bertz CT molecular complexity index is 586. The number of para-hydroxylation sites is 1. The number of nitrogens with one attached hydrogen (secondary N) is 1. The molecule has 0 heterocycles. The van der Waals surface area contributed by atoms with E-state index in [0.717, 1.165) is 16.6 Å². The number of amides is 2. The maximum atomic E-state index is 12.3. The van der Waals surface area contributed by atoms with Crippen LogP contribution in [-0.2, 0) is 6.42 Å². The molecule has 2 rings (SSSR count). The number of nitrogens with zero attached hydrogens (tertiary/aromatic N) is 1. The molecule has 0 aliphatic carbocycles. The normalized spacial score (nSPS) is 10.2. The summed E-state index contributed by atoms with van der Waals surface area (Å²) >= 11 is 3.52. The Balaban J connectivity index is 1.90. The van der Waals surface area contributed by atoms with Crippen LogP contribution in [0.2, 0.25) is 0 Å². The zero-order valence-corrected chi connectivity index (χ0v) is 13.6. The zero-order valence-electron chi connectivity index (χ0n) is 12.1. The van der Waals surface area contributed by atoms with Gasteiger partial charge >= 0.3 is 6.03 Å². The molecule has 0 atom stereocenters. The number of hydrogen-bond donors (Lipinski definition) is 1. The second kappa shape index (κ2) is 7.84. The van der Waals surface area contributed by atoms with E-state index in [9.17, 15) is 4.79 Å². The van der Waals surface area contributed by atoms with Crippen LogP contribution in [0.25, 0.3) is 0 Å². The smallest absolute Gasteiger partial charge is 0.321 e. The van der Waals surface area contributed by atoms with Crippen LogP contribution in [0.15, 0.2) is 59.1 Å². The van der Waals surface area contributed by atoms with Gasteiger partial charge in [0, 0.05) is 23.2 Å². The summed E-state index contributed by atoms with van der Waals surface area (Å²) < 4.78 is 1.08. The van der Waals surface area contributed by atoms with Gasteiger partial charge in [-0.15, -0.1) is 0 Å². The summed E-state index contributed by atoms with van der Waals surface area (Å²) in [7, 11) is 0. The van der Waals surface area contributed by atoms with Crippen LogP contribution in [0.1, 0.15) is 12.5 Å². The van der Waals surface area contributed by atoms with Crippen molar-refractivity contribution in [3.63, 3.8) is 0 Å². The molecule has 0 fully saturated rings. The molecule has 3 nitrogen and oxygen atoms in total. The number of carbonyl (C=O) groups is 1. The molecule has 0 aliphatic rings. The van der Waals surface area contributed by atoms with Gasteiger partial charge in [0.25, 0.3) is 0 Å². The van der Waals surface area contributed by atoms with E-state index in [2.05, 4.69) is 27.3 Å². The fourth-order valence-electron chi connectivity index (χ4n) is 2.15. The highest BCUT2D eigenvalue weighted by molar-refractivity contribution is 9.10. The highest BCUT2D eigenvalue weighted by atomic mass is 79.9. The number of hydrogen-bond acceptors (Lipinski definition) is 1. The number of anilines is 1. The molecule has 0 aliphatic heterocycles. The SMILES string of the molecule is CCN(C(=O)NCCc1ccccc1Br)c1ccccc1. The van der Waals surface area contributed by atoms with Crippen LogP contribution in [0.3, 0.4) is 0 Å². The monoisotopic (exact) mass is 346 g/mol. The van der Waals surface area contributed by atoms with Crippen molar-refractivity contribution in [2.24, 2.45) is 0 Å². The summed E-state index contributed by atoms with van der Waals surface area (Å²) in [5.74, 6) is 0. The summed E-state index contributed by atoms with van der Waals surface area (Å²) in [6.07, 6.45) is 0.805. The van der Waals surface area contributed by atoms with Crippen molar-refractivity contribution in [2.45, 2.75) is 13.3 Å². The van der Waals surface area contributed by atoms with Crippen LogP contribution >= 0.6 is 15.9 Å².